The Morgan fingerprint density at radius 1 is 1.07 bits per heavy atom. The molecule has 1 saturated heterocycles. The van der Waals surface area contributed by atoms with Gasteiger partial charge in [0.25, 0.3) is 0 Å². The standard InChI is InChI=1S/C24H22FNO2S/c1-26-22(27)15-20(17-5-3-2-4-6-17)23(26)24(28)21-14-13-19(29-21)12-9-16-7-10-18(25)11-8-16/h2-14,20,23-24,28H,15H2,1H3/b12-9+/t20-,23-,24?/m1/s1. The smallest absolute Gasteiger partial charge is 0.223 e. The lowest BCUT2D eigenvalue weighted by atomic mass is 9.88. The van der Waals surface area contributed by atoms with Crippen LogP contribution >= 0.6 is 11.3 Å². The van der Waals surface area contributed by atoms with E-state index in [0.29, 0.717) is 6.42 Å². The molecule has 4 rings (SSSR count). The zero-order valence-corrected chi connectivity index (χ0v) is 16.9. The van der Waals surface area contributed by atoms with Crippen molar-refractivity contribution < 1.29 is 14.3 Å². The molecule has 0 aliphatic carbocycles. The Labute approximate surface area is 173 Å². The van der Waals surface area contributed by atoms with Crippen LogP contribution in [0.15, 0.2) is 66.7 Å². The molecule has 1 aliphatic heterocycles. The van der Waals surface area contributed by atoms with Gasteiger partial charge in [0.2, 0.25) is 5.91 Å². The molecule has 0 spiro atoms. The van der Waals surface area contributed by atoms with Gasteiger partial charge in [-0.3, -0.25) is 4.79 Å². The van der Waals surface area contributed by atoms with E-state index >= 15 is 0 Å². The Bertz CT molecular complexity index is 1010. The van der Waals surface area contributed by atoms with Crippen molar-refractivity contribution >= 4 is 29.4 Å². The summed E-state index contributed by atoms with van der Waals surface area (Å²) in [5, 5.41) is 11.1. The number of aliphatic hydroxyl groups excluding tert-OH is 1. The third kappa shape index (κ3) is 4.16. The molecule has 2 aromatic carbocycles. The second-order valence-electron chi connectivity index (χ2n) is 7.29. The lowest BCUT2D eigenvalue weighted by molar-refractivity contribution is -0.128. The van der Waals surface area contributed by atoms with Crippen LogP contribution in [0.3, 0.4) is 0 Å². The SMILES string of the molecule is CN1C(=O)C[C@H](c2ccccc2)[C@@H]1C(O)c1ccc(/C=C/c2ccc(F)cc2)s1. The highest BCUT2D eigenvalue weighted by Gasteiger charge is 2.43. The maximum atomic E-state index is 13.0. The summed E-state index contributed by atoms with van der Waals surface area (Å²) in [5.74, 6) is -0.244. The molecule has 3 atom stereocenters. The van der Waals surface area contributed by atoms with E-state index in [4.69, 9.17) is 0 Å². The first kappa shape index (κ1) is 19.6. The van der Waals surface area contributed by atoms with Crippen LogP contribution in [0, 0.1) is 5.82 Å². The molecular weight excluding hydrogens is 385 g/mol. The van der Waals surface area contributed by atoms with Crippen LogP contribution in [0.25, 0.3) is 12.2 Å². The number of nitrogens with zero attached hydrogens (tertiary/aromatic N) is 1. The molecule has 5 heteroatoms. The van der Waals surface area contributed by atoms with Crippen molar-refractivity contribution in [2.75, 3.05) is 7.05 Å². The lowest BCUT2D eigenvalue weighted by Gasteiger charge is -2.29. The van der Waals surface area contributed by atoms with Gasteiger partial charge in [0, 0.05) is 29.1 Å². The van der Waals surface area contributed by atoms with E-state index in [1.165, 1.54) is 23.5 Å². The van der Waals surface area contributed by atoms with Gasteiger partial charge < -0.3 is 10.0 Å². The van der Waals surface area contributed by atoms with Gasteiger partial charge in [0.1, 0.15) is 11.9 Å². The van der Waals surface area contributed by atoms with Crippen LogP contribution in [0.2, 0.25) is 0 Å². The largest absolute Gasteiger partial charge is 0.385 e. The Kier molecular flexibility index (Phi) is 5.60. The summed E-state index contributed by atoms with van der Waals surface area (Å²) in [6.07, 6.45) is 3.52. The third-order valence-electron chi connectivity index (χ3n) is 5.45. The van der Waals surface area contributed by atoms with Gasteiger partial charge in [-0.05, 0) is 41.5 Å². The minimum Gasteiger partial charge on any atom is -0.385 e. The van der Waals surface area contributed by atoms with Gasteiger partial charge in [-0.1, -0.05) is 48.5 Å². The van der Waals surface area contributed by atoms with Crippen molar-refractivity contribution in [1.82, 2.24) is 4.90 Å². The molecule has 29 heavy (non-hydrogen) atoms. The number of benzene rings is 2. The fourth-order valence-electron chi connectivity index (χ4n) is 3.87. The quantitative estimate of drug-likeness (QED) is 0.639. The second-order valence-corrected chi connectivity index (χ2v) is 8.43. The first-order valence-electron chi connectivity index (χ1n) is 9.55. The lowest BCUT2D eigenvalue weighted by Crippen LogP contribution is -2.36. The summed E-state index contributed by atoms with van der Waals surface area (Å²) in [5.41, 5.74) is 1.98. The Morgan fingerprint density at radius 3 is 2.52 bits per heavy atom. The molecule has 1 N–H and O–H groups in total. The summed E-state index contributed by atoms with van der Waals surface area (Å²) >= 11 is 1.50. The number of aliphatic hydroxyl groups is 1. The minimum atomic E-state index is -0.755. The van der Waals surface area contributed by atoms with E-state index in [1.807, 2.05) is 54.6 Å². The van der Waals surface area contributed by atoms with Crippen molar-refractivity contribution in [3.8, 4) is 0 Å². The Balaban J connectivity index is 1.55. The highest BCUT2D eigenvalue weighted by Crippen LogP contribution is 2.41. The van der Waals surface area contributed by atoms with Crippen LogP contribution in [-0.2, 0) is 4.79 Å². The molecule has 1 amide bonds. The molecule has 148 valence electrons. The van der Waals surface area contributed by atoms with Crippen LogP contribution in [0.1, 0.15) is 39.3 Å². The number of carbonyl (C=O) groups is 1. The van der Waals surface area contributed by atoms with Crippen LogP contribution in [-0.4, -0.2) is 29.0 Å². The second kappa shape index (κ2) is 8.31. The molecule has 0 saturated carbocycles. The monoisotopic (exact) mass is 407 g/mol. The van der Waals surface area contributed by atoms with E-state index in [0.717, 1.165) is 20.9 Å². The molecule has 1 aliphatic rings. The topological polar surface area (TPSA) is 40.5 Å². The third-order valence-corrected chi connectivity index (χ3v) is 6.57. The first-order chi connectivity index (χ1) is 14.0. The maximum absolute atomic E-state index is 13.0. The fourth-order valence-corrected chi connectivity index (χ4v) is 4.81. The highest BCUT2D eigenvalue weighted by molar-refractivity contribution is 7.13. The molecule has 3 aromatic rings. The van der Waals surface area contributed by atoms with Crippen LogP contribution < -0.4 is 0 Å². The van der Waals surface area contributed by atoms with Gasteiger partial charge in [0.05, 0.1) is 6.04 Å². The number of halogens is 1. The average molecular weight is 408 g/mol. The fraction of sp³-hybridized carbons (Fsp3) is 0.208. The molecule has 1 aromatic heterocycles. The Hall–Kier alpha value is -2.76. The number of hydrogen-bond donors (Lipinski definition) is 1. The van der Waals surface area contributed by atoms with E-state index in [9.17, 15) is 14.3 Å². The summed E-state index contributed by atoms with van der Waals surface area (Å²) in [6, 6.07) is 19.8. The minimum absolute atomic E-state index is 0.0380. The maximum Gasteiger partial charge on any atom is 0.223 e. The predicted molar refractivity (Wildman–Crippen MR) is 115 cm³/mol. The van der Waals surface area contributed by atoms with E-state index in [-0.39, 0.29) is 23.7 Å². The molecule has 3 nitrogen and oxygen atoms in total. The van der Waals surface area contributed by atoms with Gasteiger partial charge in [0.15, 0.2) is 0 Å². The molecule has 1 unspecified atom stereocenters. The van der Waals surface area contributed by atoms with E-state index in [1.54, 1.807) is 24.1 Å². The summed E-state index contributed by atoms with van der Waals surface area (Å²) < 4.78 is 13.0. The van der Waals surface area contributed by atoms with Crippen LogP contribution in [0.4, 0.5) is 4.39 Å². The number of likely N-dealkylation sites (tertiary alicyclic amines) is 1. The number of hydrogen-bond acceptors (Lipinski definition) is 3. The van der Waals surface area contributed by atoms with E-state index < -0.39 is 6.10 Å². The predicted octanol–water partition coefficient (Wildman–Crippen LogP) is 5.11. The van der Waals surface area contributed by atoms with Gasteiger partial charge in [-0.2, -0.15) is 0 Å². The van der Waals surface area contributed by atoms with Crippen molar-refractivity contribution in [2.45, 2.75) is 24.5 Å². The van der Waals surface area contributed by atoms with Gasteiger partial charge >= 0.3 is 0 Å². The van der Waals surface area contributed by atoms with Gasteiger partial charge in [-0.15, -0.1) is 11.3 Å². The van der Waals surface area contributed by atoms with Crippen molar-refractivity contribution in [3.63, 3.8) is 0 Å². The summed E-state index contributed by atoms with van der Waals surface area (Å²) in [7, 11) is 1.77. The molecular formula is C24H22FNO2S. The number of likely N-dealkylation sites (N-methyl/N-ethyl adjacent to an activating group) is 1. The number of carbonyl (C=O) groups excluding carboxylic acids is 1. The molecule has 0 bridgehead atoms. The van der Waals surface area contributed by atoms with Crippen molar-refractivity contribution in [2.24, 2.45) is 0 Å². The number of thiophene rings is 1. The zero-order valence-electron chi connectivity index (χ0n) is 16.0. The van der Waals surface area contributed by atoms with Crippen LogP contribution in [0.5, 0.6) is 0 Å². The highest BCUT2D eigenvalue weighted by atomic mass is 32.1. The molecule has 1 fully saturated rings. The molecule has 2 heterocycles. The average Bonchev–Trinajstić information content (AvgIpc) is 3.33. The number of rotatable bonds is 5. The van der Waals surface area contributed by atoms with Gasteiger partial charge in [-0.25, -0.2) is 4.39 Å². The summed E-state index contributed by atoms with van der Waals surface area (Å²) in [6.45, 7) is 0. The number of amides is 1. The first-order valence-corrected chi connectivity index (χ1v) is 10.4. The molecule has 0 radical (unpaired) electrons. The van der Waals surface area contributed by atoms with Crippen molar-refractivity contribution in [3.05, 3.63) is 93.4 Å². The normalized spacial score (nSPS) is 20.5. The van der Waals surface area contributed by atoms with E-state index in [2.05, 4.69) is 0 Å². The zero-order chi connectivity index (χ0) is 20.4. The van der Waals surface area contributed by atoms with Crippen molar-refractivity contribution in [1.29, 1.82) is 0 Å². The Morgan fingerprint density at radius 2 is 1.79 bits per heavy atom. The summed E-state index contributed by atoms with van der Waals surface area (Å²) in [4.78, 5) is 15.9.